The number of fused-ring (bicyclic) bond motifs is 1. The Morgan fingerprint density at radius 3 is 2.65 bits per heavy atom. The van der Waals surface area contributed by atoms with Crippen molar-refractivity contribution in [2.75, 3.05) is 39.3 Å². The lowest BCUT2D eigenvalue weighted by Crippen LogP contribution is -2.52. The zero-order valence-electron chi connectivity index (χ0n) is 18.7. The van der Waals surface area contributed by atoms with E-state index in [1.165, 1.54) is 16.3 Å². The SMILES string of the molecule is CCNC(=NCCn1cnnc1CC)N1CCN(Cc2cccc3ccccc23)CC1. The molecule has 1 aliphatic rings. The molecule has 2 heterocycles. The lowest BCUT2D eigenvalue weighted by molar-refractivity contribution is 0.173. The fourth-order valence-corrected chi connectivity index (χ4v) is 4.22. The van der Waals surface area contributed by atoms with Crippen molar-refractivity contribution in [3.05, 3.63) is 60.2 Å². The van der Waals surface area contributed by atoms with Gasteiger partial charge in [-0.05, 0) is 23.3 Å². The van der Waals surface area contributed by atoms with Crippen molar-refractivity contribution < 1.29 is 0 Å². The summed E-state index contributed by atoms with van der Waals surface area (Å²) in [6.45, 7) is 11.7. The van der Waals surface area contributed by atoms with Crippen LogP contribution in [0.3, 0.4) is 0 Å². The van der Waals surface area contributed by atoms with E-state index in [1.54, 1.807) is 6.33 Å². The van der Waals surface area contributed by atoms with Gasteiger partial charge in [-0.1, -0.05) is 49.4 Å². The second-order valence-electron chi connectivity index (χ2n) is 7.93. The Kier molecular flexibility index (Phi) is 7.14. The largest absolute Gasteiger partial charge is 0.357 e. The summed E-state index contributed by atoms with van der Waals surface area (Å²) in [6.07, 6.45) is 2.69. The van der Waals surface area contributed by atoms with Gasteiger partial charge in [-0.3, -0.25) is 9.89 Å². The predicted molar refractivity (Wildman–Crippen MR) is 126 cm³/mol. The van der Waals surface area contributed by atoms with E-state index in [4.69, 9.17) is 4.99 Å². The van der Waals surface area contributed by atoms with E-state index >= 15 is 0 Å². The van der Waals surface area contributed by atoms with Gasteiger partial charge in [0.05, 0.1) is 6.54 Å². The molecule has 7 nitrogen and oxygen atoms in total. The van der Waals surface area contributed by atoms with Crippen LogP contribution in [-0.4, -0.2) is 69.8 Å². The van der Waals surface area contributed by atoms with Crippen molar-refractivity contribution in [2.24, 2.45) is 4.99 Å². The van der Waals surface area contributed by atoms with Crippen LogP contribution in [0.15, 0.2) is 53.8 Å². The molecule has 1 fully saturated rings. The Morgan fingerprint density at radius 1 is 1.03 bits per heavy atom. The summed E-state index contributed by atoms with van der Waals surface area (Å²) in [5, 5.41) is 14.3. The van der Waals surface area contributed by atoms with Gasteiger partial charge in [0, 0.05) is 52.2 Å². The van der Waals surface area contributed by atoms with E-state index in [1.807, 2.05) is 0 Å². The molecule has 0 unspecified atom stereocenters. The summed E-state index contributed by atoms with van der Waals surface area (Å²) in [5.74, 6) is 2.03. The van der Waals surface area contributed by atoms with E-state index < -0.39 is 0 Å². The predicted octanol–water partition coefficient (Wildman–Crippen LogP) is 2.78. The fourth-order valence-electron chi connectivity index (χ4n) is 4.22. The van der Waals surface area contributed by atoms with Crippen LogP contribution in [0.1, 0.15) is 25.2 Å². The number of nitrogens with zero attached hydrogens (tertiary/aromatic N) is 6. The molecule has 1 saturated heterocycles. The molecule has 7 heteroatoms. The number of aromatic nitrogens is 3. The number of benzene rings is 2. The molecule has 164 valence electrons. The highest BCUT2D eigenvalue weighted by molar-refractivity contribution is 5.85. The summed E-state index contributed by atoms with van der Waals surface area (Å²) in [7, 11) is 0. The van der Waals surface area contributed by atoms with E-state index in [0.717, 1.165) is 70.6 Å². The molecule has 1 aromatic heterocycles. The van der Waals surface area contributed by atoms with Gasteiger partial charge < -0.3 is 14.8 Å². The zero-order valence-corrected chi connectivity index (χ0v) is 18.7. The molecule has 1 N–H and O–H groups in total. The molecule has 4 rings (SSSR count). The van der Waals surface area contributed by atoms with Gasteiger partial charge in [0.15, 0.2) is 5.96 Å². The Morgan fingerprint density at radius 2 is 1.84 bits per heavy atom. The van der Waals surface area contributed by atoms with Crippen LogP contribution in [-0.2, 0) is 19.5 Å². The maximum Gasteiger partial charge on any atom is 0.194 e. The Labute approximate surface area is 184 Å². The van der Waals surface area contributed by atoms with Gasteiger partial charge in [0.25, 0.3) is 0 Å². The summed E-state index contributed by atoms with van der Waals surface area (Å²) >= 11 is 0. The van der Waals surface area contributed by atoms with Crippen molar-refractivity contribution in [1.82, 2.24) is 29.9 Å². The van der Waals surface area contributed by atoms with Crippen molar-refractivity contribution in [2.45, 2.75) is 33.4 Å². The monoisotopic (exact) mass is 419 g/mol. The average Bonchev–Trinajstić information content (AvgIpc) is 3.27. The highest BCUT2D eigenvalue weighted by Gasteiger charge is 2.20. The zero-order chi connectivity index (χ0) is 21.5. The molecule has 3 aromatic rings. The summed E-state index contributed by atoms with van der Waals surface area (Å²) in [4.78, 5) is 9.81. The first-order chi connectivity index (χ1) is 15.3. The third-order valence-electron chi connectivity index (χ3n) is 5.90. The van der Waals surface area contributed by atoms with Crippen LogP contribution >= 0.6 is 0 Å². The smallest absolute Gasteiger partial charge is 0.194 e. The molecule has 0 bridgehead atoms. The number of piperazine rings is 1. The number of nitrogens with one attached hydrogen (secondary N) is 1. The fraction of sp³-hybridized carbons (Fsp3) is 0.458. The maximum atomic E-state index is 4.87. The van der Waals surface area contributed by atoms with Crippen LogP contribution in [0.4, 0.5) is 0 Å². The second-order valence-corrected chi connectivity index (χ2v) is 7.93. The van der Waals surface area contributed by atoms with Crippen LogP contribution in [0.25, 0.3) is 10.8 Å². The minimum Gasteiger partial charge on any atom is -0.357 e. The van der Waals surface area contributed by atoms with Gasteiger partial charge >= 0.3 is 0 Å². The molecule has 0 aliphatic carbocycles. The van der Waals surface area contributed by atoms with Crippen LogP contribution < -0.4 is 5.32 Å². The molecular weight excluding hydrogens is 386 g/mol. The van der Waals surface area contributed by atoms with Gasteiger partial charge in [0.1, 0.15) is 12.2 Å². The maximum absolute atomic E-state index is 4.87. The highest BCUT2D eigenvalue weighted by Crippen LogP contribution is 2.20. The third kappa shape index (κ3) is 5.22. The first-order valence-electron chi connectivity index (χ1n) is 11.4. The average molecular weight is 420 g/mol. The molecule has 0 spiro atoms. The summed E-state index contributed by atoms with van der Waals surface area (Å²) in [6, 6.07) is 15.3. The molecule has 0 radical (unpaired) electrons. The molecule has 1 aliphatic heterocycles. The number of hydrogen-bond donors (Lipinski definition) is 1. The highest BCUT2D eigenvalue weighted by atomic mass is 15.3. The molecule has 2 aromatic carbocycles. The van der Waals surface area contributed by atoms with Crippen molar-refractivity contribution in [3.8, 4) is 0 Å². The third-order valence-corrected chi connectivity index (χ3v) is 5.90. The number of aliphatic imine (C=N–C) groups is 1. The Hall–Kier alpha value is -2.93. The molecular formula is C24H33N7. The normalized spacial score (nSPS) is 15.5. The van der Waals surface area contributed by atoms with Gasteiger partial charge in [-0.2, -0.15) is 0 Å². The van der Waals surface area contributed by atoms with E-state index in [9.17, 15) is 0 Å². The first kappa shape index (κ1) is 21.3. The van der Waals surface area contributed by atoms with E-state index in [0.29, 0.717) is 0 Å². The van der Waals surface area contributed by atoms with Gasteiger partial charge in [-0.25, -0.2) is 0 Å². The number of guanidine groups is 1. The van der Waals surface area contributed by atoms with Crippen LogP contribution in [0.2, 0.25) is 0 Å². The summed E-state index contributed by atoms with van der Waals surface area (Å²) < 4.78 is 2.09. The quantitative estimate of drug-likeness (QED) is 0.471. The topological polar surface area (TPSA) is 61.6 Å². The minimum absolute atomic E-state index is 0.726. The van der Waals surface area contributed by atoms with Gasteiger partial charge in [0.2, 0.25) is 0 Å². The van der Waals surface area contributed by atoms with Crippen LogP contribution in [0.5, 0.6) is 0 Å². The first-order valence-corrected chi connectivity index (χ1v) is 11.4. The minimum atomic E-state index is 0.726. The number of aryl methyl sites for hydroxylation is 1. The standard InChI is InChI=1S/C24H33N7/c1-3-23-28-27-19-31(23)13-12-26-24(25-4-2)30-16-14-29(15-17-30)18-21-10-7-9-20-8-5-6-11-22(20)21/h5-11,19H,3-4,12-18H2,1-2H3,(H,25,26). The molecule has 31 heavy (non-hydrogen) atoms. The summed E-state index contributed by atoms with van der Waals surface area (Å²) in [5.41, 5.74) is 1.41. The number of rotatable bonds is 7. The van der Waals surface area contributed by atoms with Crippen molar-refractivity contribution >= 4 is 16.7 Å². The Balaban J connectivity index is 1.34. The van der Waals surface area contributed by atoms with Crippen LogP contribution in [0, 0.1) is 0 Å². The van der Waals surface area contributed by atoms with Gasteiger partial charge in [-0.15, -0.1) is 10.2 Å². The second kappa shape index (κ2) is 10.4. The molecule has 0 atom stereocenters. The molecule has 0 amide bonds. The Bertz CT molecular complexity index is 997. The van der Waals surface area contributed by atoms with E-state index in [2.05, 4.69) is 86.2 Å². The lowest BCUT2D eigenvalue weighted by Gasteiger charge is -2.36. The lowest BCUT2D eigenvalue weighted by atomic mass is 10.0. The number of hydrogen-bond acceptors (Lipinski definition) is 4. The molecule has 0 saturated carbocycles. The van der Waals surface area contributed by atoms with Crippen molar-refractivity contribution in [1.29, 1.82) is 0 Å². The van der Waals surface area contributed by atoms with Crippen molar-refractivity contribution in [3.63, 3.8) is 0 Å². The van der Waals surface area contributed by atoms with E-state index in [-0.39, 0.29) is 0 Å².